The SMILES string of the molecule is Cc1ccc(CC(=O)Nc2oc(-c3ccccc3)nc2-c2ccccc2S)c(O)c1. The summed E-state index contributed by atoms with van der Waals surface area (Å²) in [5.74, 6) is 0.416. The number of hydrogen-bond donors (Lipinski definition) is 3. The van der Waals surface area contributed by atoms with Crippen LogP contribution >= 0.6 is 12.6 Å². The molecule has 1 heterocycles. The largest absolute Gasteiger partial charge is 0.508 e. The molecule has 0 aliphatic heterocycles. The molecule has 4 aromatic rings. The van der Waals surface area contributed by atoms with Crippen molar-refractivity contribution in [2.45, 2.75) is 18.2 Å². The summed E-state index contributed by atoms with van der Waals surface area (Å²) in [6.45, 7) is 1.88. The van der Waals surface area contributed by atoms with Gasteiger partial charge < -0.3 is 9.52 Å². The minimum absolute atomic E-state index is 0.00937. The van der Waals surface area contributed by atoms with Gasteiger partial charge in [-0.1, -0.05) is 48.5 Å². The van der Waals surface area contributed by atoms with Crippen LogP contribution in [0.25, 0.3) is 22.7 Å². The number of nitrogens with zero attached hydrogens (tertiary/aromatic N) is 1. The van der Waals surface area contributed by atoms with E-state index in [0.717, 1.165) is 21.6 Å². The minimum Gasteiger partial charge on any atom is -0.508 e. The second-order valence-corrected chi connectivity index (χ2v) is 7.42. The Morgan fingerprint density at radius 1 is 1.07 bits per heavy atom. The van der Waals surface area contributed by atoms with Crippen molar-refractivity contribution in [1.82, 2.24) is 4.98 Å². The molecule has 30 heavy (non-hydrogen) atoms. The van der Waals surface area contributed by atoms with Gasteiger partial charge in [-0.3, -0.25) is 10.1 Å². The Labute approximate surface area is 179 Å². The molecule has 3 aromatic carbocycles. The molecule has 0 spiro atoms. The van der Waals surface area contributed by atoms with Crippen molar-refractivity contribution < 1.29 is 14.3 Å². The molecule has 1 amide bonds. The Hall–Kier alpha value is -3.51. The first-order valence-electron chi connectivity index (χ1n) is 9.44. The van der Waals surface area contributed by atoms with Gasteiger partial charge in [-0.2, -0.15) is 0 Å². The molecule has 0 aliphatic rings. The van der Waals surface area contributed by atoms with Crippen LogP contribution in [0.4, 0.5) is 5.88 Å². The number of rotatable bonds is 5. The van der Waals surface area contributed by atoms with E-state index in [1.54, 1.807) is 12.1 Å². The van der Waals surface area contributed by atoms with Gasteiger partial charge in [-0.15, -0.1) is 12.6 Å². The summed E-state index contributed by atoms with van der Waals surface area (Å²) in [4.78, 5) is 18.0. The second kappa shape index (κ2) is 8.47. The van der Waals surface area contributed by atoms with Gasteiger partial charge in [-0.25, -0.2) is 4.98 Å². The van der Waals surface area contributed by atoms with Crippen molar-refractivity contribution in [3.63, 3.8) is 0 Å². The molecular weight excluding hydrogens is 396 g/mol. The van der Waals surface area contributed by atoms with Crippen LogP contribution in [0.5, 0.6) is 5.75 Å². The number of benzene rings is 3. The van der Waals surface area contributed by atoms with E-state index in [0.29, 0.717) is 17.1 Å². The van der Waals surface area contributed by atoms with Crippen molar-refractivity contribution in [3.05, 3.63) is 83.9 Å². The van der Waals surface area contributed by atoms with Crippen LogP contribution in [-0.2, 0) is 11.2 Å². The molecule has 0 saturated heterocycles. The van der Waals surface area contributed by atoms with Crippen LogP contribution in [-0.4, -0.2) is 16.0 Å². The van der Waals surface area contributed by atoms with Crippen molar-refractivity contribution in [1.29, 1.82) is 0 Å². The number of aryl methyl sites for hydroxylation is 1. The number of nitrogens with one attached hydrogen (secondary N) is 1. The Morgan fingerprint density at radius 3 is 2.53 bits per heavy atom. The number of hydrogen-bond acceptors (Lipinski definition) is 5. The van der Waals surface area contributed by atoms with Gasteiger partial charge in [-0.05, 0) is 36.8 Å². The smallest absolute Gasteiger partial charge is 0.231 e. The summed E-state index contributed by atoms with van der Waals surface area (Å²) in [6.07, 6.45) is 0.00937. The van der Waals surface area contributed by atoms with Crippen LogP contribution in [0.2, 0.25) is 0 Å². The molecular formula is C24H20N2O3S. The lowest BCUT2D eigenvalue weighted by Gasteiger charge is -2.07. The first-order valence-corrected chi connectivity index (χ1v) is 9.89. The van der Waals surface area contributed by atoms with Crippen molar-refractivity contribution in [2.24, 2.45) is 0 Å². The number of oxazole rings is 1. The highest BCUT2D eigenvalue weighted by molar-refractivity contribution is 7.80. The minimum atomic E-state index is -0.317. The van der Waals surface area contributed by atoms with Crippen molar-refractivity contribution in [2.75, 3.05) is 5.32 Å². The van der Waals surface area contributed by atoms with Gasteiger partial charge in [0.15, 0.2) is 0 Å². The number of aromatic hydroxyl groups is 1. The van der Waals surface area contributed by atoms with Crippen LogP contribution in [0.1, 0.15) is 11.1 Å². The zero-order valence-corrected chi connectivity index (χ0v) is 17.2. The lowest BCUT2D eigenvalue weighted by atomic mass is 10.1. The zero-order valence-electron chi connectivity index (χ0n) is 16.3. The van der Waals surface area contributed by atoms with Gasteiger partial charge in [0.1, 0.15) is 11.4 Å². The summed E-state index contributed by atoms with van der Waals surface area (Å²) < 4.78 is 5.93. The monoisotopic (exact) mass is 416 g/mol. The fourth-order valence-corrected chi connectivity index (χ4v) is 3.40. The molecule has 4 rings (SSSR count). The van der Waals surface area contributed by atoms with Crippen LogP contribution in [0, 0.1) is 6.92 Å². The first-order chi connectivity index (χ1) is 14.5. The summed E-state index contributed by atoms with van der Waals surface area (Å²) in [5.41, 5.74) is 3.51. The summed E-state index contributed by atoms with van der Waals surface area (Å²) in [6, 6.07) is 22.2. The topological polar surface area (TPSA) is 75.4 Å². The number of anilines is 1. The van der Waals surface area contributed by atoms with Crippen LogP contribution in [0.3, 0.4) is 0 Å². The summed E-state index contributed by atoms with van der Waals surface area (Å²) >= 11 is 4.52. The third-order valence-corrected chi connectivity index (χ3v) is 5.04. The molecule has 0 aliphatic carbocycles. The van der Waals surface area contributed by atoms with Crippen molar-refractivity contribution >= 4 is 24.4 Å². The number of phenols is 1. The Kier molecular flexibility index (Phi) is 5.59. The zero-order chi connectivity index (χ0) is 21.1. The quantitative estimate of drug-likeness (QED) is 0.376. The molecule has 0 unspecified atom stereocenters. The standard InChI is InChI=1S/C24H20N2O3S/c1-15-11-12-17(19(27)13-15)14-21(28)25-24-22(18-9-5-6-10-20(18)30)26-23(29-24)16-7-3-2-4-8-16/h2-13,27,30H,14H2,1H3,(H,25,28). The molecule has 0 atom stereocenters. The van der Waals surface area contributed by atoms with Gasteiger partial charge in [0.25, 0.3) is 0 Å². The van der Waals surface area contributed by atoms with E-state index in [-0.39, 0.29) is 24.0 Å². The molecule has 0 fully saturated rings. The molecule has 2 N–H and O–H groups in total. The average molecular weight is 417 g/mol. The highest BCUT2D eigenvalue weighted by Gasteiger charge is 2.20. The number of carbonyl (C=O) groups is 1. The lowest BCUT2D eigenvalue weighted by Crippen LogP contribution is -2.14. The molecule has 1 aromatic heterocycles. The predicted octanol–water partition coefficient (Wildman–Crippen LogP) is 5.49. The van der Waals surface area contributed by atoms with Crippen molar-refractivity contribution in [3.8, 4) is 28.5 Å². The lowest BCUT2D eigenvalue weighted by molar-refractivity contribution is -0.115. The van der Waals surface area contributed by atoms with Gasteiger partial charge in [0, 0.05) is 21.6 Å². The van der Waals surface area contributed by atoms with Gasteiger partial charge in [0.05, 0.1) is 6.42 Å². The fraction of sp³-hybridized carbons (Fsp3) is 0.0833. The molecule has 150 valence electrons. The van der Waals surface area contributed by atoms with E-state index in [1.165, 1.54) is 0 Å². The van der Waals surface area contributed by atoms with Crippen LogP contribution < -0.4 is 5.32 Å². The number of aromatic nitrogens is 1. The van der Waals surface area contributed by atoms with E-state index >= 15 is 0 Å². The molecule has 0 radical (unpaired) electrons. The second-order valence-electron chi connectivity index (χ2n) is 6.94. The molecule has 0 saturated carbocycles. The van der Waals surface area contributed by atoms with E-state index in [4.69, 9.17) is 4.42 Å². The average Bonchev–Trinajstić information content (AvgIpc) is 3.14. The summed E-state index contributed by atoms with van der Waals surface area (Å²) in [7, 11) is 0. The molecule has 5 nitrogen and oxygen atoms in total. The number of amides is 1. The number of phenolic OH excluding ortho intramolecular Hbond substituents is 1. The highest BCUT2D eigenvalue weighted by atomic mass is 32.1. The summed E-state index contributed by atoms with van der Waals surface area (Å²) in [5, 5.41) is 12.9. The Morgan fingerprint density at radius 2 is 1.80 bits per heavy atom. The van der Waals surface area contributed by atoms with Crippen LogP contribution in [0.15, 0.2) is 82.1 Å². The van der Waals surface area contributed by atoms with E-state index in [1.807, 2.05) is 67.6 Å². The number of carbonyl (C=O) groups excluding carboxylic acids is 1. The maximum Gasteiger partial charge on any atom is 0.231 e. The normalized spacial score (nSPS) is 10.7. The van der Waals surface area contributed by atoms with E-state index in [2.05, 4.69) is 22.9 Å². The van der Waals surface area contributed by atoms with E-state index < -0.39 is 0 Å². The number of thiol groups is 1. The predicted molar refractivity (Wildman–Crippen MR) is 120 cm³/mol. The Bertz CT molecular complexity index is 1200. The highest BCUT2D eigenvalue weighted by Crippen LogP contribution is 2.35. The third-order valence-electron chi connectivity index (χ3n) is 4.65. The maximum atomic E-state index is 12.7. The third kappa shape index (κ3) is 4.23. The fourth-order valence-electron chi connectivity index (χ4n) is 3.13. The van der Waals surface area contributed by atoms with E-state index in [9.17, 15) is 9.90 Å². The molecule has 0 bridgehead atoms. The molecule has 6 heteroatoms. The van der Waals surface area contributed by atoms with Gasteiger partial charge >= 0.3 is 0 Å². The Balaban J connectivity index is 1.68. The van der Waals surface area contributed by atoms with Gasteiger partial charge in [0.2, 0.25) is 17.7 Å². The maximum absolute atomic E-state index is 12.7. The first kappa shape index (κ1) is 19.8.